The van der Waals surface area contributed by atoms with Gasteiger partial charge in [0.05, 0.1) is 16.6 Å². The number of fused-ring (bicyclic) bond motifs is 1. The van der Waals surface area contributed by atoms with Crippen molar-refractivity contribution in [1.82, 2.24) is 9.97 Å². The zero-order chi connectivity index (χ0) is 14.8. The Kier molecular flexibility index (Phi) is 3.62. The van der Waals surface area contributed by atoms with Crippen LogP contribution in [0.3, 0.4) is 0 Å². The molecule has 2 aromatic carbocycles. The third-order valence-corrected chi connectivity index (χ3v) is 3.60. The van der Waals surface area contributed by atoms with Gasteiger partial charge in [-0.1, -0.05) is 28.1 Å². The Hall–Kier alpha value is -2.34. The Morgan fingerprint density at radius 2 is 2.00 bits per heavy atom. The molecule has 5 nitrogen and oxygen atoms in total. The third kappa shape index (κ3) is 3.05. The Labute approximate surface area is 129 Å². The number of hydrogen-bond donors (Lipinski definition) is 3. The van der Waals surface area contributed by atoms with Gasteiger partial charge in [-0.15, -0.1) is 0 Å². The van der Waals surface area contributed by atoms with Crippen LogP contribution in [0.1, 0.15) is 15.9 Å². The number of nitrogens with one attached hydrogen (secondary N) is 2. The fraction of sp³-hybridized carbons (Fsp3) is 0.0667. The van der Waals surface area contributed by atoms with Crippen molar-refractivity contribution in [3.05, 3.63) is 58.1 Å². The summed E-state index contributed by atoms with van der Waals surface area (Å²) in [5.74, 6) is -0.234. The lowest BCUT2D eigenvalue weighted by Crippen LogP contribution is -2.02. The predicted octanol–water partition coefficient (Wildman–Crippen LogP) is 3.64. The van der Waals surface area contributed by atoms with Crippen LogP contribution in [0.15, 0.2) is 46.9 Å². The number of aromatic nitrogens is 2. The van der Waals surface area contributed by atoms with Crippen molar-refractivity contribution >= 4 is 38.9 Å². The van der Waals surface area contributed by atoms with Crippen LogP contribution in [0.4, 0.5) is 5.95 Å². The van der Waals surface area contributed by atoms with Crippen molar-refractivity contribution in [2.24, 2.45) is 0 Å². The first-order valence-electron chi connectivity index (χ1n) is 6.33. The zero-order valence-electron chi connectivity index (χ0n) is 10.9. The molecular weight excluding hydrogens is 334 g/mol. The van der Waals surface area contributed by atoms with Gasteiger partial charge in [0.15, 0.2) is 0 Å². The molecule has 6 heteroatoms. The van der Waals surface area contributed by atoms with Gasteiger partial charge < -0.3 is 15.4 Å². The highest BCUT2D eigenvalue weighted by molar-refractivity contribution is 9.10. The summed E-state index contributed by atoms with van der Waals surface area (Å²) in [4.78, 5) is 18.4. The second kappa shape index (κ2) is 5.57. The highest BCUT2D eigenvalue weighted by Gasteiger charge is 2.04. The number of nitrogens with zero attached hydrogens (tertiary/aromatic N) is 1. The van der Waals surface area contributed by atoms with Gasteiger partial charge in [0.2, 0.25) is 5.95 Å². The van der Waals surface area contributed by atoms with E-state index < -0.39 is 5.97 Å². The van der Waals surface area contributed by atoms with Crippen LogP contribution in [-0.2, 0) is 6.54 Å². The summed E-state index contributed by atoms with van der Waals surface area (Å²) in [5, 5.41) is 12.0. The van der Waals surface area contributed by atoms with Crippen molar-refractivity contribution in [1.29, 1.82) is 0 Å². The normalized spacial score (nSPS) is 10.7. The zero-order valence-corrected chi connectivity index (χ0v) is 12.5. The van der Waals surface area contributed by atoms with E-state index in [0.717, 1.165) is 21.1 Å². The van der Waals surface area contributed by atoms with Gasteiger partial charge in [-0.05, 0) is 35.9 Å². The molecule has 1 aromatic heterocycles. The predicted molar refractivity (Wildman–Crippen MR) is 84.5 cm³/mol. The van der Waals surface area contributed by atoms with Crippen molar-refractivity contribution in [2.45, 2.75) is 6.54 Å². The summed E-state index contributed by atoms with van der Waals surface area (Å²) in [5.41, 5.74) is 3.11. The molecule has 0 saturated heterocycles. The number of H-pyrrole nitrogens is 1. The number of carboxylic acids is 1. The molecule has 0 amide bonds. The number of aromatic amines is 1. The van der Waals surface area contributed by atoms with E-state index in [2.05, 4.69) is 31.2 Å². The Balaban J connectivity index is 1.72. The maximum atomic E-state index is 10.8. The van der Waals surface area contributed by atoms with Gasteiger partial charge in [0, 0.05) is 11.0 Å². The van der Waals surface area contributed by atoms with Crippen LogP contribution in [0.5, 0.6) is 0 Å². The summed E-state index contributed by atoms with van der Waals surface area (Å²) < 4.78 is 0.995. The van der Waals surface area contributed by atoms with E-state index in [1.807, 2.05) is 18.2 Å². The van der Waals surface area contributed by atoms with Crippen LogP contribution in [0, 0.1) is 0 Å². The number of halogens is 1. The van der Waals surface area contributed by atoms with E-state index in [1.165, 1.54) is 0 Å². The number of imidazole rings is 1. The third-order valence-electron chi connectivity index (χ3n) is 3.10. The molecule has 0 bridgehead atoms. The molecule has 0 atom stereocenters. The van der Waals surface area contributed by atoms with Crippen LogP contribution in [-0.4, -0.2) is 21.0 Å². The Bertz CT molecular complexity index is 796. The lowest BCUT2D eigenvalue weighted by atomic mass is 10.1. The minimum absolute atomic E-state index is 0.285. The average molecular weight is 346 g/mol. The molecule has 106 valence electrons. The first-order chi connectivity index (χ1) is 10.1. The molecule has 0 radical (unpaired) electrons. The molecule has 0 fully saturated rings. The second-order valence-corrected chi connectivity index (χ2v) is 5.52. The molecule has 21 heavy (non-hydrogen) atoms. The van der Waals surface area contributed by atoms with Gasteiger partial charge in [-0.3, -0.25) is 0 Å². The van der Waals surface area contributed by atoms with Crippen LogP contribution in [0.2, 0.25) is 0 Å². The quantitative estimate of drug-likeness (QED) is 0.674. The largest absolute Gasteiger partial charge is 0.478 e. The molecule has 0 spiro atoms. The minimum atomic E-state index is -0.919. The molecule has 0 aliphatic carbocycles. The first-order valence-corrected chi connectivity index (χ1v) is 7.12. The smallest absolute Gasteiger partial charge is 0.335 e. The van der Waals surface area contributed by atoms with Crippen LogP contribution in [0.25, 0.3) is 11.0 Å². The van der Waals surface area contributed by atoms with E-state index >= 15 is 0 Å². The Morgan fingerprint density at radius 1 is 1.24 bits per heavy atom. The average Bonchev–Trinajstić information content (AvgIpc) is 2.87. The number of anilines is 1. The highest BCUT2D eigenvalue weighted by atomic mass is 79.9. The number of aromatic carboxylic acids is 1. The second-order valence-electron chi connectivity index (χ2n) is 4.60. The van der Waals surface area contributed by atoms with E-state index in [0.29, 0.717) is 12.5 Å². The molecule has 3 rings (SSSR count). The van der Waals surface area contributed by atoms with Gasteiger partial charge in [-0.25, -0.2) is 9.78 Å². The van der Waals surface area contributed by atoms with Gasteiger partial charge in [0.25, 0.3) is 0 Å². The molecule has 0 unspecified atom stereocenters. The highest BCUT2D eigenvalue weighted by Crippen LogP contribution is 2.19. The van der Waals surface area contributed by atoms with E-state index in [1.54, 1.807) is 24.3 Å². The molecule has 3 N–H and O–H groups in total. The fourth-order valence-electron chi connectivity index (χ4n) is 2.02. The monoisotopic (exact) mass is 345 g/mol. The number of benzene rings is 2. The molecular formula is C15H12BrN3O2. The summed E-state index contributed by atoms with van der Waals surface area (Å²) >= 11 is 3.42. The van der Waals surface area contributed by atoms with Gasteiger partial charge >= 0.3 is 5.97 Å². The first kappa shape index (κ1) is 13.6. The maximum Gasteiger partial charge on any atom is 0.335 e. The maximum absolute atomic E-state index is 10.8. The van der Waals surface area contributed by atoms with E-state index in [9.17, 15) is 4.79 Å². The Morgan fingerprint density at radius 3 is 2.71 bits per heavy atom. The number of carboxylic acid groups (broad SMARTS) is 1. The minimum Gasteiger partial charge on any atom is -0.478 e. The summed E-state index contributed by atoms with van der Waals surface area (Å²) in [6, 6.07) is 12.6. The molecule has 0 aliphatic rings. The summed E-state index contributed by atoms with van der Waals surface area (Å²) in [6.07, 6.45) is 0. The number of hydrogen-bond acceptors (Lipinski definition) is 3. The van der Waals surface area contributed by atoms with Crippen molar-refractivity contribution in [3.63, 3.8) is 0 Å². The van der Waals surface area contributed by atoms with Crippen molar-refractivity contribution in [2.75, 3.05) is 5.32 Å². The standard InChI is InChI=1S/C15H12BrN3O2/c16-11-5-6-12-13(7-11)19-15(18-12)17-8-9-1-3-10(4-2-9)14(20)21/h1-7H,8H2,(H,20,21)(H2,17,18,19). The lowest BCUT2D eigenvalue weighted by molar-refractivity contribution is 0.0697. The number of rotatable bonds is 4. The summed E-state index contributed by atoms with van der Waals surface area (Å²) in [7, 11) is 0. The van der Waals surface area contributed by atoms with E-state index in [-0.39, 0.29) is 5.56 Å². The molecule has 1 heterocycles. The molecule has 3 aromatic rings. The van der Waals surface area contributed by atoms with Crippen molar-refractivity contribution < 1.29 is 9.90 Å². The van der Waals surface area contributed by atoms with Crippen LogP contribution < -0.4 is 5.32 Å². The van der Waals surface area contributed by atoms with Crippen molar-refractivity contribution in [3.8, 4) is 0 Å². The lowest BCUT2D eigenvalue weighted by Gasteiger charge is -2.03. The van der Waals surface area contributed by atoms with Gasteiger partial charge in [0.1, 0.15) is 0 Å². The summed E-state index contributed by atoms with van der Waals surface area (Å²) in [6.45, 7) is 0.570. The van der Waals surface area contributed by atoms with Crippen LogP contribution >= 0.6 is 15.9 Å². The number of carbonyl (C=O) groups is 1. The fourth-order valence-corrected chi connectivity index (χ4v) is 2.38. The van der Waals surface area contributed by atoms with E-state index in [4.69, 9.17) is 5.11 Å². The topological polar surface area (TPSA) is 78.0 Å². The molecule has 0 saturated carbocycles. The van der Waals surface area contributed by atoms with Gasteiger partial charge in [-0.2, -0.15) is 0 Å². The SMILES string of the molecule is O=C(O)c1ccc(CNc2nc3ccc(Br)cc3[nH]2)cc1. The molecule has 0 aliphatic heterocycles.